The summed E-state index contributed by atoms with van der Waals surface area (Å²) in [5.41, 5.74) is 3.71. The molecule has 4 heterocycles. The predicted octanol–water partition coefficient (Wildman–Crippen LogP) is 2.67. The summed E-state index contributed by atoms with van der Waals surface area (Å²) in [6.45, 7) is 4.57. The van der Waals surface area contributed by atoms with Crippen LogP contribution in [0.2, 0.25) is 0 Å². The number of anilines is 1. The van der Waals surface area contributed by atoms with Crippen molar-refractivity contribution < 1.29 is 0 Å². The molecule has 0 aromatic carbocycles. The van der Waals surface area contributed by atoms with Crippen LogP contribution in [0.15, 0.2) is 42.7 Å². The van der Waals surface area contributed by atoms with Crippen molar-refractivity contribution in [2.24, 2.45) is 0 Å². The van der Waals surface area contributed by atoms with E-state index in [1.54, 1.807) is 0 Å². The van der Waals surface area contributed by atoms with E-state index in [1.165, 1.54) is 0 Å². The molecule has 0 radical (unpaired) electrons. The molecule has 0 unspecified atom stereocenters. The van der Waals surface area contributed by atoms with Gasteiger partial charge in [0, 0.05) is 43.6 Å². The predicted molar refractivity (Wildman–Crippen MR) is 101 cm³/mol. The minimum atomic E-state index is 0.376. The Morgan fingerprint density at radius 1 is 1.27 bits per heavy atom. The van der Waals surface area contributed by atoms with Crippen LogP contribution in [0.5, 0.6) is 0 Å². The maximum absolute atomic E-state index is 9.54. The Balaban J connectivity index is 1.45. The molecule has 1 aliphatic heterocycles. The quantitative estimate of drug-likeness (QED) is 0.786. The first-order valence-corrected chi connectivity index (χ1v) is 9.02. The highest BCUT2D eigenvalue weighted by Gasteiger charge is 2.21. The Hall–Kier alpha value is -2.91. The van der Waals surface area contributed by atoms with Crippen LogP contribution in [-0.4, -0.2) is 33.7 Å². The summed E-state index contributed by atoms with van der Waals surface area (Å²) in [6, 6.07) is 12.7. The molecule has 3 aromatic rings. The number of hydrogen-bond donors (Lipinski definition) is 1. The van der Waals surface area contributed by atoms with Crippen molar-refractivity contribution in [1.82, 2.24) is 19.9 Å². The second kappa shape index (κ2) is 7.14. The standard InChI is InChI=1S/C20H22N6/c1-15-7-8-20(24-23-15)26-10-4-5-17(14-26)22-12-16-13-25-9-3-2-6-19(25)18(16)11-21/h2-3,6-9,13,17,22H,4-5,10,12,14H2,1H3/t17-/m1/s1. The Morgan fingerprint density at radius 2 is 2.19 bits per heavy atom. The monoisotopic (exact) mass is 346 g/mol. The first kappa shape index (κ1) is 16.6. The second-order valence-corrected chi connectivity index (χ2v) is 6.83. The molecule has 1 fully saturated rings. The van der Waals surface area contributed by atoms with Crippen LogP contribution in [0.3, 0.4) is 0 Å². The minimum Gasteiger partial charge on any atom is -0.354 e. The first-order valence-electron chi connectivity index (χ1n) is 9.02. The van der Waals surface area contributed by atoms with Gasteiger partial charge in [-0.1, -0.05) is 6.07 Å². The maximum atomic E-state index is 9.54. The molecule has 0 amide bonds. The van der Waals surface area contributed by atoms with E-state index in [1.807, 2.05) is 54.0 Å². The van der Waals surface area contributed by atoms with Crippen LogP contribution >= 0.6 is 0 Å². The van der Waals surface area contributed by atoms with Gasteiger partial charge in [-0.3, -0.25) is 0 Å². The molecule has 6 heteroatoms. The Kier molecular flexibility index (Phi) is 4.55. The third-order valence-electron chi connectivity index (χ3n) is 4.98. The number of hydrogen-bond acceptors (Lipinski definition) is 5. The minimum absolute atomic E-state index is 0.376. The lowest BCUT2D eigenvalue weighted by molar-refractivity contribution is 0.419. The highest BCUT2D eigenvalue weighted by atomic mass is 15.3. The highest BCUT2D eigenvalue weighted by molar-refractivity contribution is 5.65. The lowest BCUT2D eigenvalue weighted by Crippen LogP contribution is -2.45. The summed E-state index contributed by atoms with van der Waals surface area (Å²) in [6.07, 6.45) is 6.28. The van der Waals surface area contributed by atoms with E-state index in [4.69, 9.17) is 0 Å². The Morgan fingerprint density at radius 3 is 3.00 bits per heavy atom. The molecular weight excluding hydrogens is 324 g/mol. The van der Waals surface area contributed by atoms with Gasteiger partial charge in [-0.15, -0.1) is 5.10 Å². The third-order valence-corrected chi connectivity index (χ3v) is 4.98. The van der Waals surface area contributed by atoms with Gasteiger partial charge in [-0.25, -0.2) is 0 Å². The van der Waals surface area contributed by atoms with E-state index in [2.05, 4.69) is 26.5 Å². The van der Waals surface area contributed by atoms with Crippen LogP contribution in [0.25, 0.3) is 5.52 Å². The van der Waals surface area contributed by atoms with Crippen molar-refractivity contribution in [3.63, 3.8) is 0 Å². The maximum Gasteiger partial charge on any atom is 0.151 e. The number of aryl methyl sites for hydroxylation is 1. The topological polar surface area (TPSA) is 69.2 Å². The molecule has 132 valence electrons. The zero-order valence-electron chi connectivity index (χ0n) is 14.9. The summed E-state index contributed by atoms with van der Waals surface area (Å²) in [7, 11) is 0. The van der Waals surface area contributed by atoms with Gasteiger partial charge >= 0.3 is 0 Å². The molecule has 1 aliphatic rings. The van der Waals surface area contributed by atoms with E-state index in [-0.39, 0.29) is 0 Å². The van der Waals surface area contributed by atoms with Crippen LogP contribution in [0.1, 0.15) is 29.7 Å². The highest BCUT2D eigenvalue weighted by Crippen LogP contribution is 2.20. The largest absolute Gasteiger partial charge is 0.354 e. The molecule has 4 rings (SSSR count). The summed E-state index contributed by atoms with van der Waals surface area (Å²) in [4.78, 5) is 2.29. The molecule has 0 bridgehead atoms. The number of pyridine rings is 1. The molecule has 1 saturated heterocycles. The lowest BCUT2D eigenvalue weighted by Gasteiger charge is -2.33. The number of nitrogens with one attached hydrogen (secondary N) is 1. The summed E-state index contributed by atoms with van der Waals surface area (Å²) < 4.78 is 2.02. The number of rotatable bonds is 4. The van der Waals surface area contributed by atoms with E-state index >= 15 is 0 Å². The van der Waals surface area contributed by atoms with Crippen molar-refractivity contribution in [1.29, 1.82) is 5.26 Å². The smallest absolute Gasteiger partial charge is 0.151 e. The van der Waals surface area contributed by atoms with Crippen molar-refractivity contribution in [2.45, 2.75) is 32.4 Å². The number of piperidine rings is 1. The van der Waals surface area contributed by atoms with Crippen LogP contribution in [0, 0.1) is 18.3 Å². The molecule has 3 aromatic heterocycles. The fraction of sp³-hybridized carbons (Fsp3) is 0.350. The molecule has 1 atom stereocenters. The zero-order valence-corrected chi connectivity index (χ0v) is 14.9. The average molecular weight is 346 g/mol. The SMILES string of the molecule is Cc1ccc(N2CCC[C@@H](NCc3cn4ccccc4c3C#N)C2)nn1. The zero-order chi connectivity index (χ0) is 17.9. The molecule has 6 nitrogen and oxygen atoms in total. The third kappa shape index (κ3) is 3.26. The first-order chi connectivity index (χ1) is 12.7. The van der Waals surface area contributed by atoms with Gasteiger partial charge in [0.2, 0.25) is 0 Å². The van der Waals surface area contributed by atoms with Crippen LogP contribution < -0.4 is 10.2 Å². The average Bonchev–Trinajstić information content (AvgIpc) is 3.04. The van der Waals surface area contributed by atoms with Gasteiger partial charge < -0.3 is 14.6 Å². The number of nitriles is 1. The summed E-state index contributed by atoms with van der Waals surface area (Å²) >= 11 is 0. The summed E-state index contributed by atoms with van der Waals surface area (Å²) in [5, 5.41) is 21.7. The number of fused-ring (bicyclic) bond motifs is 1. The van der Waals surface area contributed by atoms with Gasteiger partial charge in [0.15, 0.2) is 5.82 Å². The van der Waals surface area contributed by atoms with Gasteiger partial charge in [-0.05, 0) is 44.0 Å². The van der Waals surface area contributed by atoms with E-state index in [9.17, 15) is 5.26 Å². The van der Waals surface area contributed by atoms with Crippen LogP contribution in [0.4, 0.5) is 5.82 Å². The van der Waals surface area contributed by atoms with Crippen LogP contribution in [-0.2, 0) is 6.54 Å². The normalized spacial score (nSPS) is 17.4. The van der Waals surface area contributed by atoms with Crippen molar-refractivity contribution in [2.75, 3.05) is 18.0 Å². The van der Waals surface area contributed by atoms with E-state index < -0.39 is 0 Å². The van der Waals surface area contributed by atoms with Gasteiger partial charge in [0.1, 0.15) is 6.07 Å². The fourth-order valence-corrected chi connectivity index (χ4v) is 3.61. The molecular formula is C20H22N6. The fourth-order valence-electron chi connectivity index (χ4n) is 3.61. The van der Waals surface area contributed by atoms with E-state index in [0.717, 1.165) is 54.1 Å². The van der Waals surface area contributed by atoms with Gasteiger partial charge in [-0.2, -0.15) is 10.4 Å². The molecule has 0 saturated carbocycles. The van der Waals surface area contributed by atoms with E-state index in [0.29, 0.717) is 12.6 Å². The van der Waals surface area contributed by atoms with Gasteiger partial charge in [0.05, 0.1) is 16.8 Å². The number of aromatic nitrogens is 3. The molecule has 0 aliphatic carbocycles. The molecule has 26 heavy (non-hydrogen) atoms. The summed E-state index contributed by atoms with van der Waals surface area (Å²) in [5.74, 6) is 0.939. The van der Waals surface area contributed by atoms with Gasteiger partial charge in [0.25, 0.3) is 0 Å². The molecule has 1 N–H and O–H groups in total. The lowest BCUT2D eigenvalue weighted by atomic mass is 10.0. The van der Waals surface area contributed by atoms with Crippen molar-refractivity contribution in [3.8, 4) is 6.07 Å². The number of nitrogens with zero attached hydrogens (tertiary/aromatic N) is 5. The van der Waals surface area contributed by atoms with Crippen molar-refractivity contribution >= 4 is 11.3 Å². The second-order valence-electron chi connectivity index (χ2n) is 6.83. The Bertz CT molecular complexity index is 937. The Labute approximate surface area is 153 Å². The molecule has 0 spiro atoms. The van der Waals surface area contributed by atoms with Crippen molar-refractivity contribution in [3.05, 3.63) is 59.5 Å².